The molecular weight excluding hydrogens is 454 g/mol. The summed E-state index contributed by atoms with van der Waals surface area (Å²) in [5, 5.41) is 16.5. The van der Waals surface area contributed by atoms with Crippen molar-refractivity contribution >= 4 is 49.7 Å². The Morgan fingerprint density at radius 2 is 1.93 bits per heavy atom. The molecule has 0 fully saturated rings. The normalized spacial score (nSPS) is 16.5. The molecule has 3 aromatic rings. The van der Waals surface area contributed by atoms with E-state index in [0.29, 0.717) is 22.3 Å². The molecule has 146 valence electrons. The summed E-state index contributed by atoms with van der Waals surface area (Å²) >= 11 is 4.78. The van der Waals surface area contributed by atoms with Crippen LogP contribution in [0.5, 0.6) is 5.75 Å². The standard InChI is InChI=1S/C20H16BrN5O2S/c1-12-18(24-23-15-5-3-4-6-17(15)28-2)19(27)26(25-12)20-22-16(11-29-20)13-7-9-14(21)10-8-13/h3-11,18H,1-2H3/t18-/m0/s1. The number of anilines is 1. The highest BCUT2D eigenvalue weighted by atomic mass is 79.9. The fourth-order valence-electron chi connectivity index (χ4n) is 2.77. The van der Waals surface area contributed by atoms with E-state index in [1.807, 2.05) is 41.8 Å². The number of aromatic nitrogens is 1. The lowest BCUT2D eigenvalue weighted by Gasteiger charge is -2.08. The largest absolute Gasteiger partial charge is 0.494 e. The number of hydrazone groups is 1. The molecule has 0 bridgehead atoms. The number of rotatable bonds is 5. The fourth-order valence-corrected chi connectivity index (χ4v) is 3.83. The van der Waals surface area contributed by atoms with Gasteiger partial charge in [-0.2, -0.15) is 20.3 Å². The Bertz CT molecular complexity index is 1110. The Morgan fingerprint density at radius 1 is 1.17 bits per heavy atom. The molecule has 7 nitrogen and oxygen atoms in total. The van der Waals surface area contributed by atoms with Gasteiger partial charge in [-0.15, -0.1) is 11.3 Å². The van der Waals surface area contributed by atoms with Crippen molar-refractivity contribution in [3.8, 4) is 17.0 Å². The van der Waals surface area contributed by atoms with Gasteiger partial charge >= 0.3 is 0 Å². The van der Waals surface area contributed by atoms with E-state index < -0.39 is 6.04 Å². The van der Waals surface area contributed by atoms with Crippen molar-refractivity contribution in [2.75, 3.05) is 12.1 Å². The second-order valence-electron chi connectivity index (χ2n) is 6.20. The van der Waals surface area contributed by atoms with Gasteiger partial charge in [0.15, 0.2) is 6.04 Å². The second-order valence-corrected chi connectivity index (χ2v) is 7.96. The molecule has 29 heavy (non-hydrogen) atoms. The van der Waals surface area contributed by atoms with Crippen molar-refractivity contribution < 1.29 is 9.53 Å². The molecule has 0 unspecified atom stereocenters. The van der Waals surface area contributed by atoms with Crippen molar-refractivity contribution in [2.45, 2.75) is 13.0 Å². The highest BCUT2D eigenvalue weighted by Gasteiger charge is 2.36. The number of carbonyl (C=O) groups is 1. The third-order valence-electron chi connectivity index (χ3n) is 4.28. The van der Waals surface area contributed by atoms with Gasteiger partial charge in [0.1, 0.15) is 11.4 Å². The van der Waals surface area contributed by atoms with Gasteiger partial charge in [0.2, 0.25) is 5.13 Å². The zero-order valence-corrected chi connectivity index (χ0v) is 18.0. The topological polar surface area (TPSA) is 79.5 Å². The van der Waals surface area contributed by atoms with Gasteiger partial charge in [-0.3, -0.25) is 4.79 Å². The lowest BCUT2D eigenvalue weighted by atomic mass is 10.2. The number of thiazole rings is 1. The maximum absolute atomic E-state index is 12.9. The molecule has 0 aliphatic carbocycles. The van der Waals surface area contributed by atoms with E-state index in [9.17, 15) is 4.79 Å². The third-order valence-corrected chi connectivity index (χ3v) is 5.62. The van der Waals surface area contributed by atoms with Crippen molar-refractivity contribution in [3.63, 3.8) is 0 Å². The van der Waals surface area contributed by atoms with E-state index in [4.69, 9.17) is 4.74 Å². The summed E-state index contributed by atoms with van der Waals surface area (Å²) in [6, 6.07) is 14.3. The lowest BCUT2D eigenvalue weighted by Crippen LogP contribution is -2.29. The van der Waals surface area contributed by atoms with E-state index in [2.05, 4.69) is 36.2 Å². The molecule has 2 heterocycles. The quantitative estimate of drug-likeness (QED) is 0.465. The van der Waals surface area contributed by atoms with Gasteiger partial charge in [0.05, 0.1) is 18.5 Å². The zero-order valence-electron chi connectivity index (χ0n) is 15.6. The molecule has 1 aromatic heterocycles. The van der Waals surface area contributed by atoms with E-state index in [0.717, 1.165) is 15.7 Å². The minimum absolute atomic E-state index is 0.280. The minimum atomic E-state index is -0.778. The van der Waals surface area contributed by atoms with Crippen LogP contribution in [0.1, 0.15) is 6.92 Å². The third kappa shape index (κ3) is 3.96. The molecular formula is C20H16BrN5O2S. The first-order valence-electron chi connectivity index (χ1n) is 8.71. The van der Waals surface area contributed by atoms with Crippen LogP contribution in [0.2, 0.25) is 0 Å². The predicted molar refractivity (Wildman–Crippen MR) is 117 cm³/mol. The van der Waals surface area contributed by atoms with Gasteiger partial charge in [0.25, 0.3) is 5.91 Å². The SMILES string of the molecule is COc1ccccc1N=N[C@@H]1C(=O)N(c2nc(-c3ccc(Br)cc3)cs2)N=C1C. The zero-order chi connectivity index (χ0) is 20.4. The smallest absolute Gasteiger partial charge is 0.282 e. The van der Waals surface area contributed by atoms with Crippen LogP contribution >= 0.6 is 27.3 Å². The summed E-state index contributed by atoms with van der Waals surface area (Å²) < 4.78 is 6.26. The van der Waals surface area contributed by atoms with Crippen LogP contribution in [-0.2, 0) is 4.79 Å². The van der Waals surface area contributed by atoms with E-state index >= 15 is 0 Å². The number of amides is 1. The lowest BCUT2D eigenvalue weighted by molar-refractivity contribution is -0.117. The molecule has 0 radical (unpaired) electrons. The molecule has 1 atom stereocenters. The van der Waals surface area contributed by atoms with Crippen LogP contribution in [-0.4, -0.2) is 29.8 Å². The Hall–Kier alpha value is -2.91. The Labute approximate surface area is 179 Å². The molecule has 4 rings (SSSR count). The van der Waals surface area contributed by atoms with Crippen molar-refractivity contribution in [3.05, 3.63) is 58.4 Å². The summed E-state index contributed by atoms with van der Waals surface area (Å²) in [6.07, 6.45) is 0. The Kier molecular flexibility index (Phi) is 5.50. The van der Waals surface area contributed by atoms with Crippen LogP contribution < -0.4 is 9.75 Å². The number of carbonyl (C=O) groups excluding carboxylic acids is 1. The maximum Gasteiger partial charge on any atom is 0.282 e. The molecule has 0 saturated carbocycles. The van der Waals surface area contributed by atoms with Crippen LogP contribution in [0.15, 0.2) is 73.7 Å². The van der Waals surface area contributed by atoms with E-state index in [1.54, 1.807) is 26.2 Å². The minimum Gasteiger partial charge on any atom is -0.494 e. The Morgan fingerprint density at radius 3 is 2.69 bits per heavy atom. The average Bonchev–Trinajstić information content (AvgIpc) is 3.32. The number of hydrogen-bond donors (Lipinski definition) is 0. The summed E-state index contributed by atoms with van der Waals surface area (Å²) in [5.74, 6) is 0.310. The second kappa shape index (κ2) is 8.22. The number of azo groups is 1. The molecule has 2 aromatic carbocycles. The number of benzene rings is 2. The van der Waals surface area contributed by atoms with Crippen LogP contribution in [0, 0.1) is 0 Å². The number of ether oxygens (including phenoxy) is 1. The molecule has 0 N–H and O–H groups in total. The molecule has 0 spiro atoms. The first-order chi connectivity index (χ1) is 14.1. The van der Waals surface area contributed by atoms with Crippen molar-refractivity contribution in [2.24, 2.45) is 15.3 Å². The first kappa shape index (κ1) is 19.4. The molecule has 1 amide bonds. The van der Waals surface area contributed by atoms with Gasteiger partial charge in [-0.1, -0.05) is 40.2 Å². The van der Waals surface area contributed by atoms with Crippen molar-refractivity contribution in [1.29, 1.82) is 0 Å². The Balaban J connectivity index is 1.55. The number of halogens is 1. The highest BCUT2D eigenvalue weighted by molar-refractivity contribution is 9.10. The van der Waals surface area contributed by atoms with Gasteiger partial charge in [-0.25, -0.2) is 4.98 Å². The molecule has 0 saturated heterocycles. The van der Waals surface area contributed by atoms with E-state index in [-0.39, 0.29) is 5.91 Å². The predicted octanol–water partition coefficient (Wildman–Crippen LogP) is 5.46. The molecule has 1 aliphatic rings. The number of nitrogens with zero attached hydrogens (tertiary/aromatic N) is 5. The maximum atomic E-state index is 12.9. The summed E-state index contributed by atoms with van der Waals surface area (Å²) in [6.45, 7) is 1.76. The summed E-state index contributed by atoms with van der Waals surface area (Å²) in [5.41, 5.74) is 2.88. The number of para-hydroxylation sites is 1. The van der Waals surface area contributed by atoms with Gasteiger partial charge in [-0.05, 0) is 31.2 Å². The molecule has 9 heteroatoms. The van der Waals surface area contributed by atoms with Gasteiger partial charge in [0, 0.05) is 15.4 Å². The fraction of sp³-hybridized carbons (Fsp3) is 0.150. The first-order valence-corrected chi connectivity index (χ1v) is 10.4. The highest BCUT2D eigenvalue weighted by Crippen LogP contribution is 2.32. The summed E-state index contributed by atoms with van der Waals surface area (Å²) in [7, 11) is 1.56. The van der Waals surface area contributed by atoms with Crippen molar-refractivity contribution in [1.82, 2.24) is 4.98 Å². The number of methoxy groups -OCH3 is 1. The number of hydrogen-bond acceptors (Lipinski definition) is 7. The average molecular weight is 470 g/mol. The van der Waals surface area contributed by atoms with Crippen LogP contribution in [0.4, 0.5) is 10.8 Å². The van der Waals surface area contributed by atoms with Crippen LogP contribution in [0.25, 0.3) is 11.3 Å². The summed E-state index contributed by atoms with van der Waals surface area (Å²) in [4.78, 5) is 17.4. The van der Waals surface area contributed by atoms with Gasteiger partial charge < -0.3 is 4.74 Å². The molecule has 1 aliphatic heterocycles. The monoisotopic (exact) mass is 469 g/mol. The van der Waals surface area contributed by atoms with E-state index in [1.165, 1.54) is 16.3 Å². The van der Waals surface area contributed by atoms with Crippen LogP contribution in [0.3, 0.4) is 0 Å².